The van der Waals surface area contributed by atoms with Crippen molar-refractivity contribution >= 4 is 28.6 Å². The topological polar surface area (TPSA) is 70.7 Å². The number of hydrogen-bond acceptors (Lipinski definition) is 5. The summed E-state index contributed by atoms with van der Waals surface area (Å²) in [7, 11) is 0. The second kappa shape index (κ2) is 8.55. The molecular formula is C26H21NO4S. The summed E-state index contributed by atoms with van der Waals surface area (Å²) in [4.78, 5) is 27.2. The van der Waals surface area contributed by atoms with Crippen LogP contribution in [0.2, 0.25) is 0 Å². The van der Waals surface area contributed by atoms with Crippen molar-refractivity contribution in [3.05, 3.63) is 88.6 Å². The van der Waals surface area contributed by atoms with Gasteiger partial charge < -0.3 is 14.4 Å². The number of hydrogen-bond donors (Lipinski definition) is 1. The van der Waals surface area contributed by atoms with E-state index in [9.17, 15) is 14.7 Å². The number of carbonyl (C=O) groups is 1. The first-order chi connectivity index (χ1) is 15.6. The molecule has 1 saturated heterocycles. The predicted octanol–water partition coefficient (Wildman–Crippen LogP) is 5.02. The lowest BCUT2D eigenvalue weighted by atomic mass is 10.0. The maximum atomic E-state index is 12.7. The van der Waals surface area contributed by atoms with Crippen LogP contribution in [0.25, 0.3) is 33.4 Å². The van der Waals surface area contributed by atoms with E-state index in [1.165, 1.54) is 6.07 Å². The molecule has 160 valence electrons. The van der Waals surface area contributed by atoms with Crippen LogP contribution in [0.3, 0.4) is 0 Å². The molecule has 1 fully saturated rings. The quantitative estimate of drug-likeness (QED) is 0.481. The van der Waals surface area contributed by atoms with E-state index in [0.29, 0.717) is 22.5 Å². The molecule has 5 rings (SSSR count). The van der Waals surface area contributed by atoms with Crippen molar-refractivity contribution in [2.75, 3.05) is 24.6 Å². The van der Waals surface area contributed by atoms with Gasteiger partial charge in [0, 0.05) is 41.8 Å². The van der Waals surface area contributed by atoms with Gasteiger partial charge in [-0.3, -0.25) is 9.59 Å². The van der Waals surface area contributed by atoms with Gasteiger partial charge in [0.25, 0.3) is 5.91 Å². The molecule has 1 aliphatic rings. The lowest BCUT2D eigenvalue weighted by Crippen LogP contribution is -2.37. The smallest absolute Gasteiger partial charge is 0.253 e. The number of nitrogens with zero attached hydrogens (tertiary/aromatic N) is 1. The van der Waals surface area contributed by atoms with Gasteiger partial charge in [0.05, 0.1) is 0 Å². The highest BCUT2D eigenvalue weighted by molar-refractivity contribution is 7.99. The summed E-state index contributed by atoms with van der Waals surface area (Å²) < 4.78 is 5.99. The first kappa shape index (κ1) is 20.4. The third kappa shape index (κ3) is 3.89. The van der Waals surface area contributed by atoms with Crippen molar-refractivity contribution in [3.63, 3.8) is 0 Å². The highest BCUT2D eigenvalue weighted by Crippen LogP contribution is 2.32. The molecule has 1 aromatic heterocycles. The van der Waals surface area contributed by atoms with E-state index in [0.717, 1.165) is 35.7 Å². The molecule has 0 radical (unpaired) electrons. The first-order valence-electron chi connectivity index (χ1n) is 10.4. The summed E-state index contributed by atoms with van der Waals surface area (Å²) in [6, 6.07) is 21.4. The Bertz CT molecular complexity index is 1340. The molecule has 5 nitrogen and oxygen atoms in total. The normalized spacial score (nSPS) is 13.9. The number of fused-ring (bicyclic) bond motifs is 1. The number of phenols is 1. The summed E-state index contributed by atoms with van der Waals surface area (Å²) in [5.41, 5.74) is 2.98. The fraction of sp³-hybridized carbons (Fsp3) is 0.154. The molecule has 1 amide bonds. The van der Waals surface area contributed by atoms with Crippen LogP contribution in [0, 0.1) is 0 Å². The number of carbonyl (C=O) groups excluding carboxylic acids is 1. The van der Waals surface area contributed by atoms with Crippen molar-refractivity contribution in [2.24, 2.45) is 0 Å². The minimum atomic E-state index is -0.296. The van der Waals surface area contributed by atoms with E-state index in [4.69, 9.17) is 4.42 Å². The van der Waals surface area contributed by atoms with Crippen LogP contribution in [0.5, 0.6) is 5.75 Å². The molecule has 0 aliphatic carbocycles. The van der Waals surface area contributed by atoms with Gasteiger partial charge in [0.2, 0.25) is 0 Å². The van der Waals surface area contributed by atoms with Gasteiger partial charge in [-0.25, -0.2) is 0 Å². The van der Waals surface area contributed by atoms with E-state index in [2.05, 4.69) is 0 Å². The second-order valence-corrected chi connectivity index (χ2v) is 8.92. The van der Waals surface area contributed by atoms with Gasteiger partial charge in [-0.05, 0) is 35.4 Å². The molecule has 6 heteroatoms. The Morgan fingerprint density at radius 1 is 0.875 bits per heavy atom. The Morgan fingerprint density at radius 2 is 1.59 bits per heavy atom. The fourth-order valence-corrected chi connectivity index (χ4v) is 4.84. The number of amides is 1. The first-order valence-corrected chi connectivity index (χ1v) is 11.6. The summed E-state index contributed by atoms with van der Waals surface area (Å²) in [6.07, 6.45) is 0. The van der Waals surface area contributed by atoms with Crippen LogP contribution in [-0.2, 0) is 0 Å². The van der Waals surface area contributed by atoms with E-state index in [-0.39, 0.29) is 22.5 Å². The maximum Gasteiger partial charge on any atom is 0.253 e. The Morgan fingerprint density at radius 3 is 2.31 bits per heavy atom. The molecule has 0 spiro atoms. The Labute approximate surface area is 189 Å². The van der Waals surface area contributed by atoms with Gasteiger partial charge >= 0.3 is 0 Å². The maximum absolute atomic E-state index is 12.7. The molecule has 0 bridgehead atoms. The molecule has 3 aromatic carbocycles. The van der Waals surface area contributed by atoms with E-state index in [1.54, 1.807) is 24.3 Å². The van der Waals surface area contributed by atoms with Gasteiger partial charge in [0.15, 0.2) is 5.43 Å². The summed E-state index contributed by atoms with van der Waals surface area (Å²) in [5.74, 6) is 2.29. The number of aromatic hydroxyl groups is 1. The molecule has 1 N–H and O–H groups in total. The highest BCUT2D eigenvalue weighted by atomic mass is 32.2. The Hall–Kier alpha value is -3.51. The zero-order valence-electron chi connectivity index (χ0n) is 17.3. The predicted molar refractivity (Wildman–Crippen MR) is 128 cm³/mol. The molecule has 2 heterocycles. The fourth-order valence-electron chi connectivity index (χ4n) is 3.93. The molecule has 0 saturated carbocycles. The number of rotatable bonds is 3. The monoisotopic (exact) mass is 443 g/mol. The van der Waals surface area contributed by atoms with Gasteiger partial charge in [-0.15, -0.1) is 0 Å². The summed E-state index contributed by atoms with van der Waals surface area (Å²) in [5, 5.41) is 10.7. The highest BCUT2D eigenvalue weighted by Gasteiger charge is 2.19. The lowest BCUT2D eigenvalue weighted by Gasteiger charge is -2.26. The van der Waals surface area contributed by atoms with Crippen molar-refractivity contribution < 1.29 is 14.3 Å². The zero-order chi connectivity index (χ0) is 22.1. The molecule has 1 aliphatic heterocycles. The molecule has 32 heavy (non-hydrogen) atoms. The Balaban J connectivity index is 1.51. The van der Waals surface area contributed by atoms with Crippen molar-refractivity contribution in [1.29, 1.82) is 0 Å². The second-order valence-electron chi connectivity index (χ2n) is 7.69. The van der Waals surface area contributed by atoms with Crippen molar-refractivity contribution in [2.45, 2.75) is 0 Å². The van der Waals surface area contributed by atoms with Crippen molar-refractivity contribution in [1.82, 2.24) is 4.90 Å². The molecule has 4 aromatic rings. The number of thioether (sulfide) groups is 1. The van der Waals surface area contributed by atoms with Crippen LogP contribution in [0.1, 0.15) is 10.4 Å². The van der Waals surface area contributed by atoms with Crippen molar-refractivity contribution in [3.8, 4) is 28.2 Å². The van der Waals surface area contributed by atoms with Crippen LogP contribution in [0.15, 0.2) is 82.0 Å². The number of benzene rings is 3. The van der Waals surface area contributed by atoms with E-state index >= 15 is 0 Å². The zero-order valence-corrected chi connectivity index (χ0v) is 18.1. The van der Waals surface area contributed by atoms with Crippen LogP contribution in [0.4, 0.5) is 0 Å². The van der Waals surface area contributed by atoms with Gasteiger partial charge in [-0.1, -0.05) is 42.5 Å². The third-order valence-corrected chi connectivity index (χ3v) is 6.57. The van der Waals surface area contributed by atoms with Crippen LogP contribution < -0.4 is 5.43 Å². The summed E-state index contributed by atoms with van der Waals surface area (Å²) >= 11 is 1.86. The molecule has 0 unspecified atom stereocenters. The average Bonchev–Trinajstić information content (AvgIpc) is 2.84. The minimum Gasteiger partial charge on any atom is -0.507 e. The van der Waals surface area contributed by atoms with E-state index in [1.807, 2.05) is 59.1 Å². The SMILES string of the molecule is O=C(c1ccc(-c2cc(O)c3c(=O)cc(-c4ccccc4)oc3c2)cc1)N1CCSCC1. The van der Waals surface area contributed by atoms with E-state index < -0.39 is 0 Å². The average molecular weight is 444 g/mol. The largest absolute Gasteiger partial charge is 0.507 e. The lowest BCUT2D eigenvalue weighted by molar-refractivity contribution is 0.0772. The number of phenolic OH excluding ortho intramolecular Hbond substituents is 1. The third-order valence-electron chi connectivity index (χ3n) is 5.63. The Kier molecular flexibility index (Phi) is 5.45. The summed E-state index contributed by atoms with van der Waals surface area (Å²) in [6.45, 7) is 1.54. The van der Waals surface area contributed by atoms with Crippen LogP contribution >= 0.6 is 11.8 Å². The van der Waals surface area contributed by atoms with Crippen LogP contribution in [-0.4, -0.2) is 40.5 Å². The minimum absolute atomic E-state index is 0.0386. The van der Waals surface area contributed by atoms with Gasteiger partial charge in [-0.2, -0.15) is 11.8 Å². The van der Waals surface area contributed by atoms with Gasteiger partial charge in [0.1, 0.15) is 22.5 Å². The standard InChI is InChI=1S/C26H21NO4S/c28-21-14-20(17-6-8-19(9-7-17)26(30)27-10-12-32-13-11-27)15-24-25(21)22(29)16-23(31-24)18-4-2-1-3-5-18/h1-9,14-16,28H,10-13H2. The molecular weight excluding hydrogens is 422 g/mol. The molecule has 0 atom stereocenters.